The first kappa shape index (κ1) is 41.2. The second-order valence-corrected chi connectivity index (χ2v) is 15.6. The van der Waals surface area contributed by atoms with Crippen molar-refractivity contribution in [1.82, 2.24) is 15.1 Å². The molecule has 0 bridgehead atoms. The molecule has 3 aliphatic rings. The van der Waals surface area contributed by atoms with Crippen LogP contribution in [0.5, 0.6) is 11.5 Å². The second-order valence-electron chi connectivity index (χ2n) is 15.6. The van der Waals surface area contributed by atoms with Gasteiger partial charge in [0, 0.05) is 76.0 Å². The van der Waals surface area contributed by atoms with Gasteiger partial charge in [-0.15, -0.1) is 0 Å². The van der Waals surface area contributed by atoms with Crippen LogP contribution in [0.15, 0.2) is 91.0 Å². The predicted molar refractivity (Wildman–Crippen MR) is 224 cm³/mol. The number of anilines is 3. The summed E-state index contributed by atoms with van der Waals surface area (Å²) in [5, 5.41) is 32.4. The Morgan fingerprint density at radius 2 is 1.66 bits per heavy atom. The van der Waals surface area contributed by atoms with Crippen molar-refractivity contribution in [2.45, 2.75) is 50.9 Å². The molecule has 14 heteroatoms. The molecular weight excluding hydrogens is 753 g/mol. The molecule has 0 radical (unpaired) electrons. The number of nitrogens with one attached hydrogen (secondary N) is 4. The molecule has 0 spiro atoms. The maximum Gasteiger partial charge on any atom is 0.411 e. The van der Waals surface area contributed by atoms with E-state index in [-0.39, 0.29) is 60.6 Å². The van der Waals surface area contributed by atoms with Gasteiger partial charge in [-0.2, -0.15) is 0 Å². The lowest BCUT2D eigenvalue weighted by atomic mass is 10.0. The lowest BCUT2D eigenvalue weighted by Gasteiger charge is -2.24. The fraction of sp³-hybridized carbons (Fsp3) is 0.378. The highest BCUT2D eigenvalue weighted by molar-refractivity contribution is 5.97. The molecule has 2 aliphatic heterocycles. The molecule has 2 fully saturated rings. The SMILES string of the molecule is CN(CCCC(=O)Nc1ccc(CNC[C@H](O)c2ccc(O)c3c2OCC(=O)N3)cc1)C(=O)CCN1CC2CC(OC(=O)Nc3ccccc3-c3ccccc3)CC2C1. The number of nitrogens with zero attached hydrogens (tertiary/aromatic N) is 2. The van der Waals surface area contributed by atoms with E-state index in [0.29, 0.717) is 55.6 Å². The van der Waals surface area contributed by atoms with Crippen LogP contribution in [0.25, 0.3) is 11.1 Å². The van der Waals surface area contributed by atoms with Crippen molar-refractivity contribution in [2.75, 3.05) is 62.3 Å². The highest BCUT2D eigenvalue weighted by atomic mass is 16.6. The lowest BCUT2D eigenvalue weighted by molar-refractivity contribution is -0.130. The van der Waals surface area contributed by atoms with E-state index in [1.165, 1.54) is 6.07 Å². The number of fused-ring (bicyclic) bond motifs is 2. The van der Waals surface area contributed by atoms with Gasteiger partial charge in [-0.3, -0.25) is 19.7 Å². The van der Waals surface area contributed by atoms with Crippen LogP contribution < -0.4 is 26.0 Å². The molecule has 3 atom stereocenters. The Morgan fingerprint density at radius 3 is 2.42 bits per heavy atom. The van der Waals surface area contributed by atoms with Gasteiger partial charge in [-0.05, 0) is 72.6 Å². The number of hydrogen-bond donors (Lipinski definition) is 6. The summed E-state index contributed by atoms with van der Waals surface area (Å²) in [6.07, 6.45) is 1.39. The molecule has 6 N–H and O–H groups in total. The number of phenols is 1. The largest absolute Gasteiger partial charge is 0.506 e. The Kier molecular flexibility index (Phi) is 13.4. The average molecular weight is 805 g/mol. The van der Waals surface area contributed by atoms with Gasteiger partial charge in [0.1, 0.15) is 17.5 Å². The van der Waals surface area contributed by atoms with Crippen LogP contribution in [-0.4, -0.2) is 96.3 Å². The Bertz CT molecular complexity index is 2100. The monoisotopic (exact) mass is 804 g/mol. The number of carbonyl (C=O) groups is 4. The van der Waals surface area contributed by atoms with E-state index >= 15 is 0 Å². The summed E-state index contributed by atoms with van der Waals surface area (Å²) in [5.74, 6) is 0.552. The zero-order valence-corrected chi connectivity index (χ0v) is 33.2. The molecule has 14 nitrogen and oxygen atoms in total. The smallest absolute Gasteiger partial charge is 0.411 e. The van der Waals surface area contributed by atoms with Crippen molar-refractivity contribution in [1.29, 1.82) is 0 Å². The Labute approximate surface area is 343 Å². The highest BCUT2D eigenvalue weighted by Crippen LogP contribution is 2.42. The molecule has 2 unspecified atom stereocenters. The minimum absolute atomic E-state index is 0.0529. The number of aromatic hydroxyl groups is 1. The van der Waals surface area contributed by atoms with E-state index in [2.05, 4.69) is 26.2 Å². The first-order valence-electron chi connectivity index (χ1n) is 20.2. The van der Waals surface area contributed by atoms with Crippen LogP contribution in [0, 0.1) is 11.8 Å². The number of aliphatic hydroxyl groups is 1. The number of benzene rings is 4. The van der Waals surface area contributed by atoms with Crippen LogP contribution in [0.2, 0.25) is 0 Å². The third kappa shape index (κ3) is 10.8. The summed E-state index contributed by atoms with van der Waals surface area (Å²) in [6.45, 7) is 3.42. The fourth-order valence-corrected chi connectivity index (χ4v) is 8.25. The minimum atomic E-state index is -0.939. The molecule has 310 valence electrons. The van der Waals surface area contributed by atoms with Crippen LogP contribution >= 0.6 is 0 Å². The number of carbonyl (C=O) groups excluding carboxylic acids is 4. The molecule has 0 aromatic heterocycles. The maximum atomic E-state index is 12.9. The number of ether oxygens (including phenoxy) is 2. The summed E-state index contributed by atoms with van der Waals surface area (Å²) < 4.78 is 11.3. The van der Waals surface area contributed by atoms with Crippen LogP contribution in [0.3, 0.4) is 0 Å². The van der Waals surface area contributed by atoms with Crippen molar-refractivity contribution in [3.05, 3.63) is 102 Å². The van der Waals surface area contributed by atoms with Crippen molar-refractivity contribution in [3.63, 3.8) is 0 Å². The number of hydrogen-bond acceptors (Lipinski definition) is 10. The van der Waals surface area contributed by atoms with E-state index in [1.54, 1.807) is 18.0 Å². The average Bonchev–Trinajstić information content (AvgIpc) is 3.79. The first-order valence-corrected chi connectivity index (χ1v) is 20.2. The van der Waals surface area contributed by atoms with E-state index in [9.17, 15) is 29.4 Å². The number of aliphatic hydroxyl groups excluding tert-OH is 1. The van der Waals surface area contributed by atoms with Crippen molar-refractivity contribution < 1.29 is 38.9 Å². The third-order valence-electron chi connectivity index (χ3n) is 11.3. The van der Waals surface area contributed by atoms with Gasteiger partial charge in [-0.1, -0.05) is 60.7 Å². The van der Waals surface area contributed by atoms with Crippen molar-refractivity contribution in [2.24, 2.45) is 11.8 Å². The molecule has 59 heavy (non-hydrogen) atoms. The summed E-state index contributed by atoms with van der Waals surface area (Å²) >= 11 is 0. The second kappa shape index (κ2) is 19.2. The molecular formula is C45H52N6O8. The van der Waals surface area contributed by atoms with E-state index in [1.807, 2.05) is 78.9 Å². The highest BCUT2D eigenvalue weighted by Gasteiger charge is 2.42. The fourth-order valence-electron chi connectivity index (χ4n) is 8.25. The van der Waals surface area contributed by atoms with Crippen LogP contribution in [-0.2, 0) is 25.7 Å². The number of amides is 4. The molecule has 1 saturated carbocycles. The zero-order valence-electron chi connectivity index (χ0n) is 33.2. The molecule has 4 aromatic carbocycles. The molecule has 1 saturated heterocycles. The van der Waals surface area contributed by atoms with Gasteiger partial charge in [0.2, 0.25) is 11.8 Å². The Morgan fingerprint density at radius 1 is 0.932 bits per heavy atom. The summed E-state index contributed by atoms with van der Waals surface area (Å²) in [6, 6.07) is 28.0. The standard InChI is InChI=1S/C45H52N6O8/c1-50(20-7-12-40(54)47-33-15-13-29(14-16-33)24-46-25-39(53)36-17-18-38(52)43-44(36)58-28-41(55)49-43)42(56)19-21-51-26-31-22-34(23-32(31)27-51)59-45(57)48-37-11-6-5-10-35(37)30-8-3-2-4-9-30/h2-6,8-11,13-18,31-32,34,39,46,52-53H,7,12,19-28H2,1H3,(H,47,54)(H,48,57)(H,49,55)/t31?,32?,34?,39-/m0/s1. The van der Waals surface area contributed by atoms with Crippen molar-refractivity contribution in [3.8, 4) is 22.6 Å². The van der Waals surface area contributed by atoms with Crippen LogP contribution in [0.1, 0.15) is 49.3 Å². The van der Waals surface area contributed by atoms with Gasteiger partial charge in [0.05, 0.1) is 11.8 Å². The predicted octanol–water partition coefficient (Wildman–Crippen LogP) is 5.74. The van der Waals surface area contributed by atoms with Crippen molar-refractivity contribution >= 4 is 40.9 Å². The quantitative estimate of drug-likeness (QED) is 0.0765. The molecule has 7 rings (SSSR count). The zero-order chi connectivity index (χ0) is 41.3. The molecule has 4 aromatic rings. The molecule has 1 aliphatic carbocycles. The Hall–Kier alpha value is -5.96. The lowest BCUT2D eigenvalue weighted by Crippen LogP contribution is -2.33. The molecule has 2 heterocycles. The topological polar surface area (TPSA) is 182 Å². The van der Waals surface area contributed by atoms with Gasteiger partial charge in [0.25, 0.3) is 5.91 Å². The summed E-state index contributed by atoms with van der Waals surface area (Å²) in [7, 11) is 1.78. The van der Waals surface area contributed by atoms with E-state index in [4.69, 9.17) is 9.47 Å². The third-order valence-corrected chi connectivity index (χ3v) is 11.3. The van der Waals surface area contributed by atoms with Crippen LogP contribution in [0.4, 0.5) is 21.9 Å². The summed E-state index contributed by atoms with van der Waals surface area (Å²) in [5.41, 5.74) is 4.91. The van der Waals surface area contributed by atoms with Gasteiger partial charge < -0.3 is 45.4 Å². The van der Waals surface area contributed by atoms with Gasteiger partial charge in [0.15, 0.2) is 12.4 Å². The van der Waals surface area contributed by atoms with E-state index in [0.717, 1.165) is 48.3 Å². The summed E-state index contributed by atoms with van der Waals surface area (Å²) in [4.78, 5) is 54.1. The maximum absolute atomic E-state index is 12.9. The first-order chi connectivity index (χ1) is 28.6. The number of rotatable bonds is 16. The van der Waals surface area contributed by atoms with Gasteiger partial charge in [-0.25, -0.2) is 4.79 Å². The minimum Gasteiger partial charge on any atom is -0.506 e. The number of likely N-dealkylation sites (tertiary alicyclic amines) is 1. The number of phenolic OH excluding ortho intramolecular Hbond substituents is 1. The van der Waals surface area contributed by atoms with E-state index < -0.39 is 12.2 Å². The number of para-hydroxylation sites is 1. The van der Waals surface area contributed by atoms with Gasteiger partial charge >= 0.3 is 6.09 Å². The molecule has 4 amide bonds. The normalized spacial score (nSPS) is 18.8. The Balaban J connectivity index is 0.748.